The van der Waals surface area contributed by atoms with Gasteiger partial charge >= 0.3 is 5.97 Å². The summed E-state index contributed by atoms with van der Waals surface area (Å²) in [5.74, 6) is 0.236. The van der Waals surface area contributed by atoms with E-state index in [9.17, 15) is 4.79 Å². The number of furan rings is 1. The highest BCUT2D eigenvalue weighted by molar-refractivity contribution is 6.36. The van der Waals surface area contributed by atoms with E-state index in [1.54, 1.807) is 12.1 Å². The molecule has 0 bridgehead atoms. The van der Waals surface area contributed by atoms with E-state index in [1.807, 2.05) is 11.9 Å². The van der Waals surface area contributed by atoms with E-state index in [0.29, 0.717) is 29.1 Å². The molecule has 0 fully saturated rings. The molecule has 0 aliphatic rings. The lowest BCUT2D eigenvalue weighted by Crippen LogP contribution is -2.17. The van der Waals surface area contributed by atoms with Crippen LogP contribution in [0.1, 0.15) is 17.0 Å². The van der Waals surface area contributed by atoms with E-state index in [1.165, 1.54) is 14.2 Å². The van der Waals surface area contributed by atoms with Gasteiger partial charge in [-0.3, -0.25) is 0 Å². The van der Waals surface area contributed by atoms with Crippen LogP contribution in [0, 0.1) is 0 Å². The summed E-state index contributed by atoms with van der Waals surface area (Å²) in [7, 11) is 4.60. The lowest BCUT2D eigenvalue weighted by Gasteiger charge is -2.15. The molecule has 118 valence electrons. The first kappa shape index (κ1) is 16.2. The number of anilines is 1. The van der Waals surface area contributed by atoms with Crippen molar-refractivity contribution in [2.45, 2.75) is 6.42 Å². The van der Waals surface area contributed by atoms with E-state index in [0.717, 1.165) is 6.42 Å². The van der Waals surface area contributed by atoms with E-state index in [2.05, 4.69) is 11.6 Å². The molecule has 0 unspecified atom stereocenters. The third-order valence-corrected chi connectivity index (χ3v) is 3.48. The maximum atomic E-state index is 11.9. The van der Waals surface area contributed by atoms with Gasteiger partial charge in [-0.25, -0.2) is 9.78 Å². The zero-order valence-electron chi connectivity index (χ0n) is 12.7. The van der Waals surface area contributed by atoms with Crippen molar-refractivity contribution in [2.24, 2.45) is 0 Å². The predicted octanol–water partition coefficient (Wildman–Crippen LogP) is 3.29. The molecule has 0 amide bonds. The number of ether oxygens (including phenoxy) is 2. The summed E-state index contributed by atoms with van der Waals surface area (Å²) >= 11 is 6.24. The minimum atomic E-state index is -0.585. The van der Waals surface area contributed by atoms with E-state index in [-0.39, 0.29) is 10.9 Å². The minimum Gasteiger partial charge on any atom is -0.481 e. The number of methoxy groups -OCH3 is 2. The van der Waals surface area contributed by atoms with Crippen molar-refractivity contribution in [3.63, 3.8) is 0 Å². The maximum Gasteiger partial charge on any atom is 0.374 e. The maximum absolute atomic E-state index is 11.9. The van der Waals surface area contributed by atoms with Crippen molar-refractivity contribution in [3.8, 4) is 5.88 Å². The zero-order valence-corrected chi connectivity index (χ0v) is 13.4. The molecule has 2 rings (SSSR count). The van der Waals surface area contributed by atoms with Gasteiger partial charge in [0.1, 0.15) is 5.15 Å². The van der Waals surface area contributed by atoms with Crippen LogP contribution < -0.4 is 9.64 Å². The Morgan fingerprint density at radius 1 is 1.55 bits per heavy atom. The van der Waals surface area contributed by atoms with Gasteiger partial charge in [0.15, 0.2) is 0 Å². The Morgan fingerprint density at radius 2 is 2.27 bits per heavy atom. The van der Waals surface area contributed by atoms with Crippen LogP contribution in [-0.2, 0) is 4.74 Å². The summed E-state index contributed by atoms with van der Waals surface area (Å²) in [6, 6.07) is 1.60. The van der Waals surface area contributed by atoms with Crippen LogP contribution in [0.4, 0.5) is 5.88 Å². The van der Waals surface area contributed by atoms with Crippen LogP contribution in [0.2, 0.25) is 5.15 Å². The third-order valence-electron chi connectivity index (χ3n) is 3.20. The quantitative estimate of drug-likeness (QED) is 0.461. The molecule has 0 aliphatic heterocycles. The molecule has 0 N–H and O–H groups in total. The molecule has 7 heteroatoms. The minimum absolute atomic E-state index is 0.0700. The number of esters is 1. The Labute approximate surface area is 133 Å². The molecular formula is C15H17ClN2O4. The summed E-state index contributed by atoms with van der Waals surface area (Å²) < 4.78 is 15.5. The second kappa shape index (κ2) is 6.70. The molecule has 0 radical (unpaired) electrons. The predicted molar refractivity (Wildman–Crippen MR) is 85.0 cm³/mol. The smallest absolute Gasteiger partial charge is 0.374 e. The molecule has 6 nitrogen and oxygen atoms in total. The molecular weight excluding hydrogens is 308 g/mol. The van der Waals surface area contributed by atoms with Gasteiger partial charge in [0.05, 0.1) is 19.6 Å². The van der Waals surface area contributed by atoms with Crippen LogP contribution in [0.3, 0.4) is 0 Å². The molecule has 0 spiro atoms. The molecule has 2 aromatic rings. The van der Waals surface area contributed by atoms with Gasteiger partial charge < -0.3 is 18.8 Å². The lowest BCUT2D eigenvalue weighted by molar-refractivity contribution is 0.0569. The summed E-state index contributed by atoms with van der Waals surface area (Å²) in [6.45, 7) is 4.35. The topological polar surface area (TPSA) is 64.8 Å². The first-order valence-corrected chi connectivity index (χ1v) is 6.98. The highest BCUT2D eigenvalue weighted by atomic mass is 35.5. The van der Waals surface area contributed by atoms with Crippen molar-refractivity contribution in [1.29, 1.82) is 0 Å². The molecule has 2 heterocycles. The van der Waals surface area contributed by atoms with Gasteiger partial charge in [0.25, 0.3) is 0 Å². The first-order chi connectivity index (χ1) is 10.5. The number of nitrogens with zero attached hydrogens (tertiary/aromatic N) is 2. The second-order valence-corrected chi connectivity index (χ2v) is 4.96. The van der Waals surface area contributed by atoms with Gasteiger partial charge in [0, 0.05) is 25.0 Å². The molecule has 0 saturated heterocycles. The summed E-state index contributed by atoms with van der Waals surface area (Å²) in [4.78, 5) is 17.9. The van der Waals surface area contributed by atoms with Gasteiger partial charge in [-0.15, -0.1) is 6.58 Å². The van der Waals surface area contributed by atoms with Crippen molar-refractivity contribution in [3.05, 3.63) is 29.6 Å². The van der Waals surface area contributed by atoms with Gasteiger partial charge in [0.2, 0.25) is 17.5 Å². The lowest BCUT2D eigenvalue weighted by atomic mass is 10.2. The van der Waals surface area contributed by atoms with Crippen molar-refractivity contribution < 1.29 is 18.7 Å². The number of pyridine rings is 1. The molecule has 0 aliphatic carbocycles. The summed E-state index contributed by atoms with van der Waals surface area (Å²) in [5.41, 5.74) is 0. The van der Waals surface area contributed by atoms with E-state index >= 15 is 0 Å². The molecule has 0 saturated carbocycles. The number of fused-ring (bicyclic) bond motifs is 1. The number of rotatable bonds is 6. The standard InChI is InChI=1S/C15H17ClN2O4/c1-5-6-7-18(2)14-11-9(12(22-14)15(19)21-4)8-10(20-3)17-13(11)16/h5,8H,1,6-7H2,2-4H3. The Kier molecular flexibility index (Phi) is 4.92. The fourth-order valence-electron chi connectivity index (χ4n) is 2.08. The van der Waals surface area contributed by atoms with Gasteiger partial charge in [-0.1, -0.05) is 17.7 Å². The van der Waals surface area contributed by atoms with Gasteiger partial charge in [-0.2, -0.15) is 0 Å². The Hall–Kier alpha value is -2.21. The van der Waals surface area contributed by atoms with Crippen molar-refractivity contribution in [1.82, 2.24) is 4.98 Å². The molecule has 2 aromatic heterocycles. The van der Waals surface area contributed by atoms with Crippen molar-refractivity contribution >= 4 is 34.2 Å². The fraction of sp³-hybridized carbons (Fsp3) is 0.333. The highest BCUT2D eigenvalue weighted by Gasteiger charge is 2.25. The third kappa shape index (κ3) is 2.87. The Morgan fingerprint density at radius 3 is 2.86 bits per heavy atom. The Bertz CT molecular complexity index is 711. The monoisotopic (exact) mass is 324 g/mol. The normalized spacial score (nSPS) is 10.5. The highest BCUT2D eigenvalue weighted by Crippen LogP contribution is 2.38. The number of halogens is 1. The van der Waals surface area contributed by atoms with Crippen LogP contribution in [0.5, 0.6) is 5.88 Å². The van der Waals surface area contributed by atoms with E-state index in [4.69, 9.17) is 25.5 Å². The second-order valence-electron chi connectivity index (χ2n) is 4.60. The summed E-state index contributed by atoms with van der Waals surface area (Å²) in [5, 5.41) is 1.26. The largest absolute Gasteiger partial charge is 0.481 e. The first-order valence-electron chi connectivity index (χ1n) is 6.60. The molecule has 0 aromatic carbocycles. The SMILES string of the molecule is C=CCCN(C)c1oc(C(=O)OC)c2cc(OC)nc(Cl)c12. The number of aromatic nitrogens is 1. The number of hydrogen-bond acceptors (Lipinski definition) is 6. The zero-order chi connectivity index (χ0) is 16.3. The van der Waals surface area contributed by atoms with Gasteiger partial charge in [-0.05, 0) is 6.42 Å². The average molecular weight is 325 g/mol. The number of carbonyl (C=O) groups is 1. The van der Waals surface area contributed by atoms with Crippen LogP contribution in [0.25, 0.3) is 10.8 Å². The van der Waals surface area contributed by atoms with Crippen LogP contribution >= 0.6 is 11.6 Å². The molecule has 0 atom stereocenters. The van der Waals surface area contributed by atoms with Crippen molar-refractivity contribution in [2.75, 3.05) is 32.7 Å². The van der Waals surface area contributed by atoms with Crippen LogP contribution in [0.15, 0.2) is 23.1 Å². The fourth-order valence-corrected chi connectivity index (χ4v) is 2.35. The Balaban J connectivity index is 2.66. The van der Waals surface area contributed by atoms with E-state index < -0.39 is 5.97 Å². The number of carbonyl (C=O) groups excluding carboxylic acids is 1. The summed E-state index contributed by atoms with van der Waals surface area (Å²) in [6.07, 6.45) is 2.55. The number of hydrogen-bond donors (Lipinski definition) is 0. The average Bonchev–Trinajstić information content (AvgIpc) is 2.91. The van der Waals surface area contributed by atoms with Crippen LogP contribution in [-0.4, -0.2) is 38.8 Å². The molecule has 22 heavy (non-hydrogen) atoms.